The number of rotatable bonds is 5. The third kappa shape index (κ3) is 4.13. The molecule has 0 radical (unpaired) electrons. The van der Waals surface area contributed by atoms with Crippen molar-refractivity contribution in [3.63, 3.8) is 0 Å². The Bertz CT molecular complexity index is 895. The van der Waals surface area contributed by atoms with E-state index in [1.54, 1.807) is 48.1 Å². The molecule has 140 valence electrons. The molecule has 3 rings (SSSR count). The minimum atomic E-state index is -0.428. The zero-order valence-corrected chi connectivity index (χ0v) is 15.5. The van der Waals surface area contributed by atoms with E-state index >= 15 is 0 Å². The largest absolute Gasteiger partial charge is 0.331 e. The normalized spacial score (nSPS) is 13.0. The number of hydrogen-bond acceptors (Lipinski definition) is 3. The maximum absolute atomic E-state index is 13.9. The molecule has 3 aromatic rings. The van der Waals surface area contributed by atoms with E-state index < -0.39 is 6.04 Å². The number of carbonyl (C=O) groups is 1. The van der Waals surface area contributed by atoms with Gasteiger partial charge in [-0.2, -0.15) is 5.10 Å². The number of amides is 2. The highest BCUT2D eigenvalue weighted by Crippen LogP contribution is 2.22. The number of nitrogens with zero attached hydrogens (tertiary/aromatic N) is 4. The van der Waals surface area contributed by atoms with Crippen LogP contribution in [0.4, 0.5) is 9.18 Å². The number of urea groups is 1. The van der Waals surface area contributed by atoms with Gasteiger partial charge in [-0.25, -0.2) is 18.9 Å². The molecule has 1 N–H and O–H groups in total. The van der Waals surface area contributed by atoms with E-state index in [1.807, 2.05) is 31.2 Å². The van der Waals surface area contributed by atoms with Crippen molar-refractivity contribution in [3.05, 3.63) is 78.1 Å². The molecule has 2 amide bonds. The molecular formula is C20H22FN5O. The van der Waals surface area contributed by atoms with Gasteiger partial charge in [0.05, 0.1) is 17.8 Å². The van der Waals surface area contributed by atoms with Gasteiger partial charge in [0.25, 0.3) is 0 Å². The molecule has 6 nitrogen and oxygen atoms in total. The maximum Gasteiger partial charge on any atom is 0.318 e. The van der Waals surface area contributed by atoms with Crippen molar-refractivity contribution in [2.24, 2.45) is 0 Å². The Labute approximate surface area is 157 Å². The lowest BCUT2D eigenvalue weighted by atomic mass is 10.1. The molecule has 0 aliphatic carbocycles. The van der Waals surface area contributed by atoms with Gasteiger partial charge in [0.15, 0.2) is 0 Å². The van der Waals surface area contributed by atoms with Crippen LogP contribution in [0, 0.1) is 5.82 Å². The second kappa shape index (κ2) is 7.99. The van der Waals surface area contributed by atoms with Gasteiger partial charge in [0.2, 0.25) is 0 Å². The SMILES string of the molecule is C[C@H](c1ccc(-n2cncn2)cc1)N(C)C(=O)N[C@H](C)c1ccccc1F. The van der Waals surface area contributed by atoms with Gasteiger partial charge >= 0.3 is 6.03 Å². The molecule has 27 heavy (non-hydrogen) atoms. The van der Waals surface area contributed by atoms with Crippen molar-refractivity contribution in [2.75, 3.05) is 7.05 Å². The van der Waals surface area contributed by atoms with Crippen LogP contribution in [0.2, 0.25) is 0 Å². The zero-order valence-electron chi connectivity index (χ0n) is 15.5. The van der Waals surface area contributed by atoms with Crippen LogP contribution in [0.5, 0.6) is 0 Å². The zero-order chi connectivity index (χ0) is 19.4. The molecule has 1 heterocycles. The highest BCUT2D eigenvalue weighted by molar-refractivity contribution is 5.75. The fraction of sp³-hybridized carbons (Fsp3) is 0.250. The summed E-state index contributed by atoms with van der Waals surface area (Å²) in [6.07, 6.45) is 3.10. The molecule has 2 atom stereocenters. The van der Waals surface area contributed by atoms with Crippen LogP contribution >= 0.6 is 0 Å². The fourth-order valence-corrected chi connectivity index (χ4v) is 2.84. The third-order valence-corrected chi connectivity index (χ3v) is 4.67. The standard InChI is InChI=1S/C20H22FN5O/c1-14(18-6-4-5-7-19(18)21)24-20(27)25(3)15(2)16-8-10-17(11-9-16)26-13-22-12-23-26/h4-15H,1-3H3,(H,24,27)/t14-,15-/m1/s1. The highest BCUT2D eigenvalue weighted by Gasteiger charge is 2.20. The molecule has 0 saturated heterocycles. The summed E-state index contributed by atoms with van der Waals surface area (Å²) in [4.78, 5) is 18.1. The van der Waals surface area contributed by atoms with E-state index in [9.17, 15) is 9.18 Å². The van der Waals surface area contributed by atoms with Crippen molar-refractivity contribution in [1.82, 2.24) is 25.0 Å². The van der Waals surface area contributed by atoms with Crippen molar-refractivity contribution >= 4 is 6.03 Å². The van der Waals surface area contributed by atoms with E-state index in [2.05, 4.69) is 15.4 Å². The van der Waals surface area contributed by atoms with Crippen LogP contribution in [0.3, 0.4) is 0 Å². The predicted molar refractivity (Wildman–Crippen MR) is 101 cm³/mol. The van der Waals surface area contributed by atoms with Crippen LogP contribution in [0.25, 0.3) is 5.69 Å². The highest BCUT2D eigenvalue weighted by atomic mass is 19.1. The van der Waals surface area contributed by atoms with Crippen LogP contribution in [-0.2, 0) is 0 Å². The first-order valence-corrected chi connectivity index (χ1v) is 8.70. The van der Waals surface area contributed by atoms with Crippen LogP contribution in [0.15, 0.2) is 61.2 Å². The van der Waals surface area contributed by atoms with Crippen LogP contribution < -0.4 is 5.32 Å². The Morgan fingerprint density at radius 1 is 1.15 bits per heavy atom. The van der Waals surface area contributed by atoms with E-state index in [0.717, 1.165) is 11.3 Å². The second-order valence-corrected chi connectivity index (χ2v) is 6.41. The first-order valence-electron chi connectivity index (χ1n) is 8.70. The van der Waals surface area contributed by atoms with Crippen molar-refractivity contribution in [1.29, 1.82) is 0 Å². The van der Waals surface area contributed by atoms with E-state index in [4.69, 9.17) is 0 Å². The smallest absolute Gasteiger partial charge is 0.318 e. The minimum Gasteiger partial charge on any atom is -0.331 e. The molecule has 0 fully saturated rings. The van der Waals surface area contributed by atoms with Gasteiger partial charge in [0, 0.05) is 12.6 Å². The number of carbonyl (C=O) groups excluding carboxylic acids is 1. The van der Waals surface area contributed by atoms with Crippen LogP contribution in [0.1, 0.15) is 37.1 Å². The molecule has 0 unspecified atom stereocenters. The number of nitrogens with one attached hydrogen (secondary N) is 1. The monoisotopic (exact) mass is 367 g/mol. The summed E-state index contributed by atoms with van der Waals surface area (Å²) in [5.74, 6) is -0.329. The molecule has 0 saturated carbocycles. The Morgan fingerprint density at radius 3 is 2.48 bits per heavy atom. The molecule has 0 aliphatic heterocycles. The quantitative estimate of drug-likeness (QED) is 0.745. The number of aromatic nitrogens is 3. The van der Waals surface area contributed by atoms with Crippen molar-refractivity contribution < 1.29 is 9.18 Å². The number of halogens is 1. The Balaban J connectivity index is 1.66. The Morgan fingerprint density at radius 2 is 1.85 bits per heavy atom. The predicted octanol–water partition coefficient (Wildman–Crippen LogP) is 3.87. The Kier molecular flexibility index (Phi) is 5.49. The lowest BCUT2D eigenvalue weighted by molar-refractivity contribution is 0.191. The van der Waals surface area contributed by atoms with E-state index in [0.29, 0.717) is 5.56 Å². The summed E-state index contributed by atoms with van der Waals surface area (Å²) in [7, 11) is 1.72. The summed E-state index contributed by atoms with van der Waals surface area (Å²) < 4.78 is 15.6. The van der Waals surface area contributed by atoms with Gasteiger partial charge in [-0.1, -0.05) is 30.3 Å². The summed E-state index contributed by atoms with van der Waals surface area (Å²) in [6, 6.07) is 13.4. The molecular weight excluding hydrogens is 345 g/mol. The van der Waals surface area contributed by atoms with Crippen LogP contribution in [-0.4, -0.2) is 32.7 Å². The summed E-state index contributed by atoms with van der Waals surface area (Å²) >= 11 is 0. The van der Waals surface area contributed by atoms with Gasteiger partial charge in [0.1, 0.15) is 18.5 Å². The van der Waals surface area contributed by atoms with Gasteiger partial charge in [-0.05, 0) is 37.6 Å². The average molecular weight is 367 g/mol. The lowest BCUT2D eigenvalue weighted by Crippen LogP contribution is -2.40. The fourth-order valence-electron chi connectivity index (χ4n) is 2.84. The van der Waals surface area contributed by atoms with E-state index in [1.165, 1.54) is 12.4 Å². The second-order valence-electron chi connectivity index (χ2n) is 6.41. The molecule has 0 aliphatic rings. The first kappa shape index (κ1) is 18.6. The molecule has 2 aromatic carbocycles. The Hall–Kier alpha value is -3.22. The topological polar surface area (TPSA) is 63.1 Å². The molecule has 7 heteroatoms. The maximum atomic E-state index is 13.9. The van der Waals surface area contributed by atoms with Crippen molar-refractivity contribution in [2.45, 2.75) is 25.9 Å². The number of hydrogen-bond donors (Lipinski definition) is 1. The minimum absolute atomic E-state index is 0.150. The molecule has 0 bridgehead atoms. The molecule has 1 aromatic heterocycles. The average Bonchev–Trinajstić information content (AvgIpc) is 3.22. The summed E-state index contributed by atoms with van der Waals surface area (Å²) in [5.41, 5.74) is 2.34. The third-order valence-electron chi connectivity index (χ3n) is 4.67. The summed E-state index contributed by atoms with van der Waals surface area (Å²) in [6.45, 7) is 3.71. The molecule has 0 spiro atoms. The van der Waals surface area contributed by atoms with Gasteiger partial charge in [-0.15, -0.1) is 0 Å². The first-order chi connectivity index (χ1) is 13.0. The lowest BCUT2D eigenvalue weighted by Gasteiger charge is -2.27. The summed E-state index contributed by atoms with van der Waals surface area (Å²) in [5, 5.41) is 6.94. The van der Waals surface area contributed by atoms with Crippen molar-refractivity contribution in [3.8, 4) is 5.69 Å². The van der Waals surface area contributed by atoms with Gasteiger partial charge in [-0.3, -0.25) is 0 Å². The number of benzene rings is 2. The van der Waals surface area contributed by atoms with Gasteiger partial charge < -0.3 is 10.2 Å². The van der Waals surface area contributed by atoms with E-state index in [-0.39, 0.29) is 17.9 Å².